The third kappa shape index (κ3) is 2.11. The second-order valence-corrected chi connectivity index (χ2v) is 2.67. The summed E-state index contributed by atoms with van der Waals surface area (Å²) < 4.78 is 4.51. The van der Waals surface area contributed by atoms with Crippen molar-refractivity contribution in [3.63, 3.8) is 0 Å². The Bertz CT molecular complexity index is 323. The van der Waals surface area contributed by atoms with Crippen LogP contribution in [0.15, 0.2) is 18.2 Å². The van der Waals surface area contributed by atoms with Gasteiger partial charge < -0.3 is 16.2 Å². The van der Waals surface area contributed by atoms with Crippen molar-refractivity contribution >= 4 is 17.3 Å². The summed E-state index contributed by atoms with van der Waals surface area (Å²) in [6.45, 7) is 0. The van der Waals surface area contributed by atoms with E-state index in [4.69, 9.17) is 11.5 Å². The van der Waals surface area contributed by atoms with Gasteiger partial charge in [0.2, 0.25) is 0 Å². The Labute approximate surface area is 76.5 Å². The van der Waals surface area contributed by atoms with Gasteiger partial charge in [0.05, 0.1) is 24.9 Å². The average molecular weight is 180 g/mol. The molecule has 0 radical (unpaired) electrons. The molecule has 1 aromatic carbocycles. The Hall–Kier alpha value is -1.71. The van der Waals surface area contributed by atoms with E-state index in [1.165, 1.54) is 7.11 Å². The summed E-state index contributed by atoms with van der Waals surface area (Å²) in [5, 5.41) is 0. The minimum absolute atomic E-state index is 0.160. The Morgan fingerprint density at radius 1 is 1.46 bits per heavy atom. The number of benzene rings is 1. The lowest BCUT2D eigenvalue weighted by Gasteiger charge is -2.06. The monoisotopic (exact) mass is 180 g/mol. The minimum Gasteiger partial charge on any atom is -0.469 e. The van der Waals surface area contributed by atoms with Crippen LogP contribution in [0.3, 0.4) is 0 Å². The molecule has 0 aliphatic heterocycles. The number of hydrogen-bond donors (Lipinski definition) is 2. The molecule has 4 nitrogen and oxygen atoms in total. The highest BCUT2D eigenvalue weighted by Crippen LogP contribution is 2.19. The molecule has 13 heavy (non-hydrogen) atoms. The van der Waals surface area contributed by atoms with E-state index in [0.717, 1.165) is 0 Å². The molecule has 0 amide bonds. The molecule has 1 aromatic rings. The fraction of sp³-hybridized carbons (Fsp3) is 0.222. The number of nitrogens with two attached hydrogens (primary N) is 2. The fourth-order valence-electron chi connectivity index (χ4n) is 1.01. The first-order chi connectivity index (χ1) is 6.15. The van der Waals surface area contributed by atoms with E-state index in [1.54, 1.807) is 18.2 Å². The van der Waals surface area contributed by atoms with Gasteiger partial charge in [-0.2, -0.15) is 0 Å². The molecule has 0 aromatic heterocycles. The predicted octanol–water partition coefficient (Wildman–Crippen LogP) is 0.567. The van der Waals surface area contributed by atoms with Crippen molar-refractivity contribution in [1.82, 2.24) is 0 Å². The van der Waals surface area contributed by atoms with Crippen molar-refractivity contribution in [3.8, 4) is 0 Å². The van der Waals surface area contributed by atoms with Crippen LogP contribution in [0, 0.1) is 0 Å². The van der Waals surface area contributed by atoms with E-state index in [2.05, 4.69) is 4.74 Å². The maximum absolute atomic E-state index is 10.9. The highest BCUT2D eigenvalue weighted by Gasteiger charge is 2.07. The zero-order chi connectivity index (χ0) is 9.84. The van der Waals surface area contributed by atoms with Gasteiger partial charge in [0.15, 0.2) is 0 Å². The summed E-state index contributed by atoms with van der Waals surface area (Å²) in [5.41, 5.74) is 12.9. The van der Waals surface area contributed by atoms with Gasteiger partial charge in [-0.15, -0.1) is 0 Å². The minimum atomic E-state index is -0.322. The van der Waals surface area contributed by atoms with Gasteiger partial charge in [-0.05, 0) is 11.6 Å². The lowest BCUT2D eigenvalue weighted by atomic mass is 10.1. The van der Waals surface area contributed by atoms with Gasteiger partial charge in [0.25, 0.3) is 0 Å². The van der Waals surface area contributed by atoms with Crippen molar-refractivity contribution in [2.45, 2.75) is 6.42 Å². The van der Waals surface area contributed by atoms with Gasteiger partial charge in [-0.3, -0.25) is 4.79 Å². The number of anilines is 2. The quantitative estimate of drug-likeness (QED) is 0.515. The topological polar surface area (TPSA) is 78.3 Å². The molecule has 0 fully saturated rings. The van der Waals surface area contributed by atoms with Crippen LogP contribution in [0.25, 0.3) is 0 Å². The SMILES string of the molecule is COC(=O)Cc1cccc(N)c1N. The predicted molar refractivity (Wildman–Crippen MR) is 51.0 cm³/mol. The molecule has 0 unspecified atom stereocenters. The van der Waals surface area contributed by atoms with E-state index < -0.39 is 0 Å². The normalized spacial score (nSPS) is 9.62. The van der Waals surface area contributed by atoms with Gasteiger partial charge in [0, 0.05) is 0 Å². The lowest BCUT2D eigenvalue weighted by Crippen LogP contribution is -2.08. The summed E-state index contributed by atoms with van der Waals surface area (Å²) in [4.78, 5) is 10.9. The summed E-state index contributed by atoms with van der Waals surface area (Å²) in [6.07, 6.45) is 0.160. The molecule has 0 aliphatic rings. The molecule has 0 aliphatic carbocycles. The van der Waals surface area contributed by atoms with E-state index >= 15 is 0 Å². The Kier molecular flexibility index (Phi) is 2.74. The van der Waals surface area contributed by atoms with Crippen LogP contribution in [-0.4, -0.2) is 13.1 Å². The lowest BCUT2D eigenvalue weighted by molar-refractivity contribution is -0.139. The van der Waals surface area contributed by atoms with Gasteiger partial charge in [0.1, 0.15) is 0 Å². The molecule has 0 saturated carbocycles. The molecular weight excluding hydrogens is 168 g/mol. The third-order valence-electron chi connectivity index (χ3n) is 1.79. The van der Waals surface area contributed by atoms with Crippen molar-refractivity contribution in [2.24, 2.45) is 0 Å². The summed E-state index contributed by atoms with van der Waals surface area (Å²) >= 11 is 0. The average Bonchev–Trinajstić information content (AvgIpc) is 2.13. The van der Waals surface area contributed by atoms with Gasteiger partial charge in [-0.1, -0.05) is 12.1 Å². The summed E-state index contributed by atoms with van der Waals surface area (Å²) in [6, 6.07) is 5.20. The zero-order valence-corrected chi connectivity index (χ0v) is 7.41. The number of nitrogen functional groups attached to an aromatic ring is 2. The molecule has 0 bridgehead atoms. The largest absolute Gasteiger partial charge is 0.469 e. The van der Waals surface area contributed by atoms with Crippen molar-refractivity contribution in [3.05, 3.63) is 23.8 Å². The molecule has 1 rings (SSSR count). The number of carbonyl (C=O) groups excluding carboxylic acids is 1. The summed E-state index contributed by atoms with van der Waals surface area (Å²) in [5.74, 6) is -0.322. The number of hydrogen-bond acceptors (Lipinski definition) is 4. The molecule has 0 atom stereocenters. The van der Waals surface area contributed by atoms with E-state index in [1.807, 2.05) is 0 Å². The molecule has 0 spiro atoms. The number of esters is 1. The highest BCUT2D eigenvalue weighted by molar-refractivity contribution is 5.78. The number of para-hydroxylation sites is 1. The van der Waals surface area contributed by atoms with Crippen molar-refractivity contribution in [1.29, 1.82) is 0 Å². The maximum atomic E-state index is 10.9. The molecule has 4 N–H and O–H groups in total. The Balaban J connectivity index is 2.89. The first-order valence-electron chi connectivity index (χ1n) is 3.84. The van der Waals surface area contributed by atoms with Crippen molar-refractivity contribution < 1.29 is 9.53 Å². The number of ether oxygens (including phenoxy) is 1. The maximum Gasteiger partial charge on any atom is 0.310 e. The van der Waals surface area contributed by atoms with Crippen LogP contribution >= 0.6 is 0 Å². The molecule has 0 heterocycles. The number of rotatable bonds is 2. The second-order valence-electron chi connectivity index (χ2n) is 2.67. The highest BCUT2D eigenvalue weighted by atomic mass is 16.5. The Morgan fingerprint density at radius 2 is 2.15 bits per heavy atom. The van der Waals surface area contributed by atoms with Crippen LogP contribution in [0.2, 0.25) is 0 Å². The molecular formula is C9H12N2O2. The van der Waals surface area contributed by atoms with Crippen LogP contribution < -0.4 is 11.5 Å². The Morgan fingerprint density at radius 3 is 2.77 bits per heavy atom. The first-order valence-corrected chi connectivity index (χ1v) is 3.84. The van der Waals surface area contributed by atoms with E-state index in [0.29, 0.717) is 16.9 Å². The van der Waals surface area contributed by atoms with Crippen LogP contribution in [0.4, 0.5) is 11.4 Å². The second kappa shape index (κ2) is 3.80. The van der Waals surface area contributed by atoms with E-state index in [9.17, 15) is 4.79 Å². The van der Waals surface area contributed by atoms with Crippen molar-refractivity contribution in [2.75, 3.05) is 18.6 Å². The smallest absolute Gasteiger partial charge is 0.310 e. The van der Waals surface area contributed by atoms with Gasteiger partial charge >= 0.3 is 5.97 Å². The molecule has 4 heteroatoms. The molecule has 0 saturated heterocycles. The first kappa shape index (κ1) is 9.38. The van der Waals surface area contributed by atoms with Gasteiger partial charge in [-0.25, -0.2) is 0 Å². The standard InChI is InChI=1S/C9H12N2O2/c1-13-8(12)5-6-3-2-4-7(10)9(6)11/h2-4H,5,10-11H2,1H3. The fourth-order valence-corrected chi connectivity index (χ4v) is 1.01. The van der Waals surface area contributed by atoms with Crippen LogP contribution in [0.1, 0.15) is 5.56 Å². The summed E-state index contributed by atoms with van der Waals surface area (Å²) in [7, 11) is 1.34. The number of carbonyl (C=O) groups is 1. The zero-order valence-electron chi connectivity index (χ0n) is 7.41. The molecule has 70 valence electrons. The third-order valence-corrected chi connectivity index (χ3v) is 1.79. The van der Waals surface area contributed by atoms with Crippen LogP contribution in [-0.2, 0) is 16.0 Å². The van der Waals surface area contributed by atoms with Crippen LogP contribution in [0.5, 0.6) is 0 Å². The van der Waals surface area contributed by atoms with E-state index in [-0.39, 0.29) is 12.4 Å². The number of methoxy groups -OCH3 is 1.